The predicted octanol–water partition coefficient (Wildman–Crippen LogP) is 1.43. The van der Waals surface area contributed by atoms with Crippen molar-refractivity contribution in [2.24, 2.45) is 5.73 Å². The van der Waals surface area contributed by atoms with Crippen LogP contribution in [0.4, 0.5) is 13.2 Å². The molecule has 0 aromatic carbocycles. The fraction of sp³-hybridized carbons (Fsp3) is 0.250. The Morgan fingerprint density at radius 3 is 2.64 bits per heavy atom. The molecule has 76 valence electrons. The zero-order valence-electron chi connectivity index (χ0n) is 7.01. The highest BCUT2D eigenvalue weighted by Crippen LogP contribution is 2.21. The molecule has 1 aromatic rings. The van der Waals surface area contributed by atoms with Gasteiger partial charge in [-0.05, 0) is 6.07 Å². The number of alkyl halides is 2. The third kappa shape index (κ3) is 1.90. The smallest absolute Gasteiger partial charge is 0.283 e. The summed E-state index contributed by atoms with van der Waals surface area (Å²) in [4.78, 5) is 13.6. The molecule has 0 aliphatic heterocycles. The maximum Gasteiger partial charge on any atom is 0.283 e. The molecule has 14 heavy (non-hydrogen) atoms. The Hall–Kier alpha value is -1.43. The summed E-state index contributed by atoms with van der Waals surface area (Å²) in [6.07, 6.45) is -2.69. The summed E-state index contributed by atoms with van der Waals surface area (Å²) in [5.74, 6) is -1.20. The van der Waals surface area contributed by atoms with Crippen molar-refractivity contribution in [2.75, 3.05) is 0 Å². The molecular weight excluding hydrogens is 197 g/mol. The molecule has 0 aliphatic carbocycles. The van der Waals surface area contributed by atoms with Crippen molar-refractivity contribution in [3.05, 3.63) is 28.8 Å². The third-order valence-electron chi connectivity index (χ3n) is 1.64. The van der Waals surface area contributed by atoms with Gasteiger partial charge in [0.15, 0.2) is 12.1 Å². The van der Waals surface area contributed by atoms with Crippen molar-refractivity contribution in [1.82, 2.24) is 4.98 Å². The number of aldehydes is 1. The van der Waals surface area contributed by atoms with Gasteiger partial charge < -0.3 is 5.73 Å². The van der Waals surface area contributed by atoms with E-state index in [2.05, 4.69) is 4.98 Å². The first-order valence-corrected chi connectivity index (χ1v) is 3.72. The van der Waals surface area contributed by atoms with Gasteiger partial charge in [-0.2, -0.15) is 0 Å². The van der Waals surface area contributed by atoms with Gasteiger partial charge in [0.2, 0.25) is 0 Å². The van der Waals surface area contributed by atoms with Crippen molar-refractivity contribution in [2.45, 2.75) is 13.0 Å². The number of aromatic nitrogens is 1. The number of halogens is 3. The summed E-state index contributed by atoms with van der Waals surface area (Å²) in [6, 6.07) is 0.712. The van der Waals surface area contributed by atoms with Crippen LogP contribution in [-0.4, -0.2) is 11.3 Å². The van der Waals surface area contributed by atoms with Crippen LogP contribution in [0.1, 0.15) is 28.2 Å². The molecule has 0 saturated carbocycles. The van der Waals surface area contributed by atoms with Crippen LogP contribution in [-0.2, 0) is 6.54 Å². The molecule has 0 radical (unpaired) electrons. The maximum absolute atomic E-state index is 12.9. The Labute approximate surface area is 77.7 Å². The van der Waals surface area contributed by atoms with E-state index in [1.807, 2.05) is 0 Å². The molecule has 0 spiro atoms. The Morgan fingerprint density at radius 1 is 1.57 bits per heavy atom. The Kier molecular flexibility index (Phi) is 3.19. The molecule has 2 N–H and O–H groups in total. The number of hydrogen-bond donors (Lipinski definition) is 1. The molecule has 0 atom stereocenters. The molecule has 0 bridgehead atoms. The average Bonchev–Trinajstić information content (AvgIpc) is 2.16. The predicted molar refractivity (Wildman–Crippen MR) is 42.4 cm³/mol. The van der Waals surface area contributed by atoms with Crippen molar-refractivity contribution in [1.29, 1.82) is 0 Å². The molecule has 0 amide bonds. The van der Waals surface area contributed by atoms with Crippen molar-refractivity contribution in [3.63, 3.8) is 0 Å². The summed E-state index contributed by atoms with van der Waals surface area (Å²) < 4.78 is 37.2. The molecule has 3 nitrogen and oxygen atoms in total. The minimum Gasteiger partial charge on any atom is -0.325 e. The van der Waals surface area contributed by atoms with E-state index in [4.69, 9.17) is 5.73 Å². The van der Waals surface area contributed by atoms with E-state index >= 15 is 0 Å². The monoisotopic (exact) mass is 204 g/mol. The lowest BCUT2D eigenvalue weighted by Gasteiger charge is -2.05. The van der Waals surface area contributed by atoms with Crippen molar-refractivity contribution < 1.29 is 18.0 Å². The number of carbonyl (C=O) groups excluding carboxylic acids is 1. The van der Waals surface area contributed by atoms with Crippen LogP contribution in [0.15, 0.2) is 6.07 Å². The Balaban J connectivity index is 3.30. The van der Waals surface area contributed by atoms with Gasteiger partial charge in [0.05, 0.1) is 5.69 Å². The van der Waals surface area contributed by atoms with Crippen LogP contribution < -0.4 is 5.73 Å². The van der Waals surface area contributed by atoms with E-state index in [0.717, 1.165) is 0 Å². The van der Waals surface area contributed by atoms with E-state index in [1.54, 1.807) is 0 Å². The quantitative estimate of drug-likeness (QED) is 0.757. The zero-order valence-corrected chi connectivity index (χ0v) is 7.01. The highest BCUT2D eigenvalue weighted by atomic mass is 19.3. The zero-order chi connectivity index (χ0) is 10.7. The fourth-order valence-electron chi connectivity index (χ4n) is 0.976. The van der Waals surface area contributed by atoms with Gasteiger partial charge in [0.1, 0.15) is 5.69 Å². The number of pyridine rings is 1. The highest BCUT2D eigenvalue weighted by Gasteiger charge is 2.18. The Bertz CT molecular complexity index is 355. The normalized spacial score (nSPS) is 10.6. The van der Waals surface area contributed by atoms with Gasteiger partial charge in [-0.1, -0.05) is 0 Å². The summed E-state index contributed by atoms with van der Waals surface area (Å²) in [6.45, 7) is -0.186. The van der Waals surface area contributed by atoms with Crippen molar-refractivity contribution in [3.8, 4) is 0 Å². The summed E-state index contributed by atoms with van der Waals surface area (Å²) >= 11 is 0. The molecule has 0 aliphatic rings. The van der Waals surface area contributed by atoms with Crippen LogP contribution >= 0.6 is 0 Å². The summed E-state index contributed by atoms with van der Waals surface area (Å²) in [7, 11) is 0. The summed E-state index contributed by atoms with van der Waals surface area (Å²) in [5.41, 5.74) is 4.05. The molecular formula is C8H7F3N2O. The van der Waals surface area contributed by atoms with Gasteiger partial charge >= 0.3 is 0 Å². The number of carbonyl (C=O) groups is 1. The third-order valence-corrected chi connectivity index (χ3v) is 1.64. The molecule has 0 unspecified atom stereocenters. The Morgan fingerprint density at radius 2 is 2.21 bits per heavy atom. The first-order valence-electron chi connectivity index (χ1n) is 3.72. The van der Waals surface area contributed by atoms with Gasteiger partial charge in [0, 0.05) is 12.1 Å². The number of hydrogen-bond acceptors (Lipinski definition) is 3. The number of rotatable bonds is 3. The van der Waals surface area contributed by atoms with Crippen LogP contribution in [0, 0.1) is 5.82 Å². The lowest BCUT2D eigenvalue weighted by Crippen LogP contribution is -2.08. The lowest BCUT2D eigenvalue weighted by atomic mass is 10.2. The van der Waals surface area contributed by atoms with E-state index < -0.39 is 17.9 Å². The van der Waals surface area contributed by atoms with Crippen LogP contribution in [0.25, 0.3) is 0 Å². The largest absolute Gasteiger partial charge is 0.325 e. The fourth-order valence-corrected chi connectivity index (χ4v) is 0.976. The van der Waals surface area contributed by atoms with Crippen LogP contribution in [0.5, 0.6) is 0 Å². The van der Waals surface area contributed by atoms with E-state index in [-0.39, 0.29) is 17.8 Å². The van der Waals surface area contributed by atoms with Gasteiger partial charge in [0.25, 0.3) is 6.43 Å². The van der Waals surface area contributed by atoms with Gasteiger partial charge in [-0.25, -0.2) is 18.2 Å². The second kappa shape index (κ2) is 4.19. The molecule has 1 aromatic heterocycles. The molecule has 0 saturated heterocycles. The standard InChI is InChI=1S/C8H7F3N2O/c9-5-1-4(3-14)6(2-12)13-7(5)8(10)11/h1,3,8H,2,12H2. The van der Waals surface area contributed by atoms with Crippen molar-refractivity contribution >= 4 is 6.29 Å². The first-order chi connectivity index (χ1) is 6.60. The minimum atomic E-state index is -3.01. The first kappa shape index (κ1) is 10.6. The number of nitrogens with two attached hydrogens (primary N) is 1. The van der Waals surface area contributed by atoms with E-state index in [1.165, 1.54) is 0 Å². The molecule has 1 heterocycles. The molecule has 1 rings (SSSR count). The van der Waals surface area contributed by atoms with Crippen LogP contribution in [0.3, 0.4) is 0 Å². The highest BCUT2D eigenvalue weighted by molar-refractivity contribution is 5.76. The molecule has 0 fully saturated rings. The molecule has 6 heteroatoms. The van der Waals surface area contributed by atoms with Gasteiger partial charge in [-0.15, -0.1) is 0 Å². The SMILES string of the molecule is NCc1nc(C(F)F)c(F)cc1C=O. The van der Waals surface area contributed by atoms with Gasteiger partial charge in [-0.3, -0.25) is 4.79 Å². The second-order valence-corrected chi connectivity index (χ2v) is 2.51. The topological polar surface area (TPSA) is 56.0 Å². The second-order valence-electron chi connectivity index (χ2n) is 2.51. The summed E-state index contributed by atoms with van der Waals surface area (Å²) in [5, 5.41) is 0. The van der Waals surface area contributed by atoms with Crippen LogP contribution in [0.2, 0.25) is 0 Å². The van der Waals surface area contributed by atoms with E-state index in [9.17, 15) is 18.0 Å². The minimum absolute atomic E-state index is 0.0308. The maximum atomic E-state index is 12.9. The average molecular weight is 204 g/mol. The number of nitrogens with zero attached hydrogens (tertiary/aromatic N) is 1. The van der Waals surface area contributed by atoms with E-state index in [0.29, 0.717) is 12.4 Å². The lowest BCUT2D eigenvalue weighted by molar-refractivity contribution is 0.111.